The second-order valence-electron chi connectivity index (χ2n) is 4.70. The Kier molecular flexibility index (Phi) is 3.66. The fraction of sp³-hybridized carbons (Fsp3) is 0.462. The van der Waals surface area contributed by atoms with Crippen LogP contribution in [-0.2, 0) is 10.2 Å². The van der Waals surface area contributed by atoms with E-state index in [4.69, 9.17) is 5.11 Å². The summed E-state index contributed by atoms with van der Waals surface area (Å²) in [7, 11) is 0. The average Bonchev–Trinajstić information content (AvgIpc) is 3.18. The van der Waals surface area contributed by atoms with Crippen LogP contribution in [0.5, 0.6) is 0 Å². The molecule has 1 aromatic rings. The maximum atomic E-state index is 11.2. The lowest BCUT2D eigenvalue weighted by molar-refractivity contribution is -0.140. The Hall–Kier alpha value is -1.04. The van der Waals surface area contributed by atoms with Crippen LogP contribution >= 0.6 is 12.6 Å². The highest BCUT2D eigenvalue weighted by atomic mass is 32.1. The topological polar surface area (TPSA) is 77.8 Å². The Morgan fingerprint density at radius 2 is 1.83 bits per heavy atom. The van der Waals surface area contributed by atoms with Gasteiger partial charge in [0.25, 0.3) is 0 Å². The lowest BCUT2D eigenvalue weighted by Gasteiger charge is -2.17. The molecule has 4 nitrogen and oxygen atoms in total. The first-order chi connectivity index (χ1) is 8.51. The highest BCUT2D eigenvalue weighted by molar-refractivity contribution is 7.80. The van der Waals surface area contributed by atoms with E-state index in [0.29, 0.717) is 18.4 Å². The van der Waals surface area contributed by atoms with Crippen LogP contribution < -0.4 is 0 Å². The summed E-state index contributed by atoms with van der Waals surface area (Å²) in [6.45, 7) is 0. The van der Waals surface area contributed by atoms with E-state index >= 15 is 0 Å². The van der Waals surface area contributed by atoms with E-state index in [0.717, 1.165) is 5.56 Å². The van der Waals surface area contributed by atoms with Gasteiger partial charge < -0.3 is 15.3 Å². The number of aliphatic hydroxyl groups excluding tert-OH is 2. The molecule has 3 N–H and O–H groups in total. The third-order valence-electron chi connectivity index (χ3n) is 3.52. The van der Waals surface area contributed by atoms with Crippen LogP contribution in [0, 0.1) is 0 Å². The molecule has 0 amide bonds. The quantitative estimate of drug-likeness (QED) is 0.604. The van der Waals surface area contributed by atoms with E-state index in [9.17, 15) is 15.0 Å². The lowest BCUT2D eigenvalue weighted by Crippen LogP contribution is -2.21. The molecule has 2 atom stereocenters. The summed E-state index contributed by atoms with van der Waals surface area (Å²) >= 11 is 3.92. The lowest BCUT2D eigenvalue weighted by atomic mass is 9.94. The zero-order valence-corrected chi connectivity index (χ0v) is 10.7. The van der Waals surface area contributed by atoms with Crippen molar-refractivity contribution in [3.8, 4) is 0 Å². The average molecular weight is 268 g/mol. The van der Waals surface area contributed by atoms with Crippen molar-refractivity contribution in [2.45, 2.75) is 30.5 Å². The molecular formula is C13H16O4S. The molecule has 0 spiro atoms. The van der Waals surface area contributed by atoms with E-state index < -0.39 is 23.6 Å². The van der Waals surface area contributed by atoms with Crippen LogP contribution in [0.2, 0.25) is 0 Å². The van der Waals surface area contributed by atoms with Gasteiger partial charge in [0.1, 0.15) is 6.10 Å². The third-order valence-corrected chi connectivity index (χ3v) is 3.89. The Morgan fingerprint density at radius 3 is 2.22 bits per heavy atom. The number of thiol groups is 1. The molecule has 0 aromatic heterocycles. The van der Waals surface area contributed by atoms with E-state index in [2.05, 4.69) is 12.6 Å². The zero-order valence-electron chi connectivity index (χ0n) is 9.78. The number of carboxylic acids is 1. The van der Waals surface area contributed by atoms with Crippen molar-refractivity contribution in [3.63, 3.8) is 0 Å². The molecule has 18 heavy (non-hydrogen) atoms. The van der Waals surface area contributed by atoms with Crippen LogP contribution in [0.15, 0.2) is 24.3 Å². The van der Waals surface area contributed by atoms with Gasteiger partial charge in [-0.25, -0.2) is 0 Å². The first kappa shape index (κ1) is 13.4. The van der Waals surface area contributed by atoms with Gasteiger partial charge in [-0.05, 0) is 24.0 Å². The van der Waals surface area contributed by atoms with Gasteiger partial charge in [0.15, 0.2) is 0 Å². The Balaban J connectivity index is 2.18. The summed E-state index contributed by atoms with van der Waals surface area (Å²) in [5, 5.41) is 28.4. The van der Waals surface area contributed by atoms with Gasteiger partial charge in [-0.15, -0.1) is 0 Å². The second-order valence-corrected chi connectivity index (χ2v) is 5.07. The molecule has 1 aromatic carbocycles. The standard InChI is InChI=1S/C13H16O4S/c14-10(7-18)11(15)8-1-3-9(4-2-8)13(5-6-13)12(16)17/h1-4,10-11,14-15,18H,5-7H2,(H,16,17). The number of carbonyl (C=O) groups is 1. The highest BCUT2D eigenvalue weighted by Gasteiger charge is 2.51. The Bertz CT molecular complexity index is 439. The molecule has 2 rings (SSSR count). The minimum atomic E-state index is -0.989. The van der Waals surface area contributed by atoms with Gasteiger partial charge in [-0.3, -0.25) is 4.79 Å². The first-order valence-corrected chi connectivity index (χ1v) is 6.45. The Morgan fingerprint density at radius 1 is 1.28 bits per heavy atom. The van der Waals surface area contributed by atoms with Gasteiger partial charge in [0.05, 0.1) is 11.5 Å². The van der Waals surface area contributed by atoms with E-state index in [1.54, 1.807) is 24.3 Å². The number of aliphatic carboxylic acids is 1. The molecule has 1 saturated carbocycles. The summed E-state index contributed by atoms with van der Waals surface area (Å²) in [5.41, 5.74) is 0.596. The zero-order chi connectivity index (χ0) is 13.3. The molecule has 2 unspecified atom stereocenters. The molecule has 0 saturated heterocycles. The smallest absolute Gasteiger partial charge is 0.314 e. The molecule has 1 aliphatic carbocycles. The number of rotatable bonds is 5. The van der Waals surface area contributed by atoms with Crippen molar-refractivity contribution in [3.05, 3.63) is 35.4 Å². The Labute approximate surface area is 111 Å². The van der Waals surface area contributed by atoms with Crippen LogP contribution in [0.4, 0.5) is 0 Å². The molecule has 0 heterocycles. The predicted octanol–water partition coefficient (Wildman–Crippen LogP) is 1.13. The molecule has 1 fully saturated rings. The number of benzene rings is 1. The van der Waals surface area contributed by atoms with Crippen LogP contribution in [0.3, 0.4) is 0 Å². The normalized spacial score (nSPS) is 20.2. The summed E-state index contributed by atoms with van der Waals surface area (Å²) in [4.78, 5) is 11.2. The summed E-state index contributed by atoms with van der Waals surface area (Å²) in [6.07, 6.45) is -0.599. The molecule has 98 valence electrons. The molecule has 5 heteroatoms. The van der Waals surface area contributed by atoms with Crippen molar-refractivity contribution in [1.82, 2.24) is 0 Å². The summed E-state index contributed by atoms with van der Waals surface area (Å²) < 4.78 is 0. The monoisotopic (exact) mass is 268 g/mol. The van der Waals surface area contributed by atoms with Crippen molar-refractivity contribution in [2.75, 3.05) is 5.75 Å². The highest BCUT2D eigenvalue weighted by Crippen LogP contribution is 2.48. The molecule has 0 bridgehead atoms. The maximum absolute atomic E-state index is 11.2. The van der Waals surface area contributed by atoms with E-state index in [1.807, 2.05) is 0 Å². The molecule has 0 radical (unpaired) electrons. The number of aliphatic hydroxyl groups is 2. The van der Waals surface area contributed by atoms with E-state index in [-0.39, 0.29) is 5.75 Å². The minimum absolute atomic E-state index is 0.169. The van der Waals surface area contributed by atoms with Gasteiger partial charge in [-0.2, -0.15) is 12.6 Å². The van der Waals surface area contributed by atoms with Crippen LogP contribution in [0.25, 0.3) is 0 Å². The first-order valence-electron chi connectivity index (χ1n) is 5.82. The van der Waals surface area contributed by atoms with E-state index in [1.165, 1.54) is 0 Å². The summed E-state index contributed by atoms with van der Waals surface area (Å²) in [6, 6.07) is 6.75. The molecular weight excluding hydrogens is 252 g/mol. The van der Waals surface area contributed by atoms with Crippen molar-refractivity contribution in [2.24, 2.45) is 0 Å². The van der Waals surface area contributed by atoms with Gasteiger partial charge >= 0.3 is 5.97 Å². The van der Waals surface area contributed by atoms with Crippen molar-refractivity contribution < 1.29 is 20.1 Å². The third kappa shape index (κ3) is 2.25. The van der Waals surface area contributed by atoms with Gasteiger partial charge in [0.2, 0.25) is 0 Å². The van der Waals surface area contributed by atoms with Crippen LogP contribution in [0.1, 0.15) is 30.1 Å². The largest absolute Gasteiger partial charge is 0.481 e. The number of carboxylic acid groups (broad SMARTS) is 1. The minimum Gasteiger partial charge on any atom is -0.481 e. The van der Waals surface area contributed by atoms with Crippen LogP contribution in [-0.4, -0.2) is 33.1 Å². The predicted molar refractivity (Wildman–Crippen MR) is 69.8 cm³/mol. The maximum Gasteiger partial charge on any atom is 0.314 e. The second kappa shape index (κ2) is 4.91. The number of hydrogen-bond donors (Lipinski definition) is 4. The molecule has 1 aliphatic rings. The fourth-order valence-electron chi connectivity index (χ4n) is 2.07. The van der Waals surface area contributed by atoms with Crippen molar-refractivity contribution in [1.29, 1.82) is 0 Å². The van der Waals surface area contributed by atoms with Crippen molar-refractivity contribution >= 4 is 18.6 Å². The SMILES string of the molecule is O=C(O)C1(c2ccc(C(O)C(O)CS)cc2)CC1. The molecule has 0 aliphatic heterocycles. The summed E-state index contributed by atoms with van der Waals surface area (Å²) in [5.74, 6) is -0.631. The fourth-order valence-corrected chi connectivity index (χ4v) is 2.27. The van der Waals surface area contributed by atoms with Gasteiger partial charge in [0, 0.05) is 5.75 Å². The van der Waals surface area contributed by atoms with Gasteiger partial charge in [-0.1, -0.05) is 24.3 Å². The number of hydrogen-bond acceptors (Lipinski definition) is 4.